The van der Waals surface area contributed by atoms with Crippen LogP contribution in [0.2, 0.25) is 0 Å². The van der Waals surface area contributed by atoms with Crippen LogP contribution in [0.3, 0.4) is 0 Å². The molecule has 3 aliphatic rings. The molecule has 1 saturated carbocycles. The van der Waals surface area contributed by atoms with Gasteiger partial charge in [-0.3, -0.25) is 0 Å². The molecule has 5 nitrogen and oxygen atoms in total. The fourth-order valence-electron chi connectivity index (χ4n) is 4.17. The average molecular weight is 317 g/mol. The van der Waals surface area contributed by atoms with Gasteiger partial charge in [0.25, 0.3) is 0 Å². The predicted octanol–water partition coefficient (Wildman–Crippen LogP) is 1.27. The Morgan fingerprint density at radius 2 is 2.05 bits per heavy atom. The summed E-state index contributed by atoms with van der Waals surface area (Å²) >= 11 is 0. The summed E-state index contributed by atoms with van der Waals surface area (Å²) in [6.07, 6.45) is 7.16. The van der Waals surface area contributed by atoms with E-state index in [1.165, 1.54) is 12.8 Å². The van der Waals surface area contributed by atoms with Crippen LogP contribution in [-0.4, -0.2) is 57.4 Å². The summed E-state index contributed by atoms with van der Waals surface area (Å²) in [7, 11) is -1.09. The third-order valence-electron chi connectivity index (χ3n) is 5.51. The van der Waals surface area contributed by atoms with Gasteiger partial charge in [-0.05, 0) is 32.1 Å². The highest BCUT2D eigenvalue weighted by Crippen LogP contribution is 2.36. The Hall–Kier alpha value is -0.170. The number of hydrogen-bond donors (Lipinski definition) is 1. The minimum Gasteiger partial charge on any atom is -0.377 e. The van der Waals surface area contributed by atoms with Crippen molar-refractivity contribution < 1.29 is 17.9 Å². The lowest BCUT2D eigenvalue weighted by Crippen LogP contribution is -2.51. The van der Waals surface area contributed by atoms with Crippen LogP contribution in [0.1, 0.15) is 44.9 Å². The summed E-state index contributed by atoms with van der Waals surface area (Å²) in [6, 6.07) is 0.347. The summed E-state index contributed by atoms with van der Waals surface area (Å²) in [5.41, 5.74) is -0.433. The molecule has 2 saturated heterocycles. The van der Waals surface area contributed by atoms with E-state index < -0.39 is 15.4 Å². The molecule has 6 heteroatoms. The second kappa shape index (κ2) is 5.80. The fraction of sp³-hybridized carbons (Fsp3) is 1.00. The summed E-state index contributed by atoms with van der Waals surface area (Å²) in [5, 5.41) is 3.63. The number of rotatable bonds is 4. The van der Waals surface area contributed by atoms with E-state index in [2.05, 4.69) is 5.32 Å². The van der Waals surface area contributed by atoms with E-state index >= 15 is 0 Å². The van der Waals surface area contributed by atoms with Crippen LogP contribution in [0.25, 0.3) is 0 Å². The number of sulfone groups is 1. The summed E-state index contributed by atoms with van der Waals surface area (Å²) in [4.78, 5) is 0. The SMILES string of the molecule is COC1(CNC2CCOC3(CCS(=O)(=O)C3)C2)CCCC1. The summed E-state index contributed by atoms with van der Waals surface area (Å²) in [5.74, 6) is 0.481. The molecule has 0 aromatic rings. The molecule has 2 unspecified atom stereocenters. The van der Waals surface area contributed by atoms with Crippen molar-refractivity contribution in [1.82, 2.24) is 5.32 Å². The molecule has 2 heterocycles. The first-order valence-electron chi connectivity index (χ1n) is 8.10. The van der Waals surface area contributed by atoms with Crippen LogP contribution in [0, 0.1) is 0 Å². The van der Waals surface area contributed by atoms with Gasteiger partial charge in [-0.15, -0.1) is 0 Å². The second-order valence-corrected chi connectivity index (χ2v) is 9.22. The monoisotopic (exact) mass is 317 g/mol. The van der Waals surface area contributed by atoms with Gasteiger partial charge in [0, 0.05) is 26.3 Å². The average Bonchev–Trinajstić information content (AvgIpc) is 3.03. The second-order valence-electron chi connectivity index (χ2n) is 7.04. The number of hydrogen-bond acceptors (Lipinski definition) is 5. The normalized spacial score (nSPS) is 38.0. The molecule has 1 aliphatic carbocycles. The van der Waals surface area contributed by atoms with Crippen molar-refractivity contribution in [1.29, 1.82) is 0 Å². The summed E-state index contributed by atoms with van der Waals surface area (Å²) in [6.45, 7) is 1.53. The fourth-order valence-corrected chi connectivity index (χ4v) is 6.14. The third-order valence-corrected chi connectivity index (χ3v) is 7.30. The molecule has 1 spiro atoms. The van der Waals surface area contributed by atoms with E-state index in [4.69, 9.17) is 9.47 Å². The minimum atomic E-state index is -2.90. The lowest BCUT2D eigenvalue weighted by Gasteiger charge is -2.39. The topological polar surface area (TPSA) is 64.6 Å². The van der Waals surface area contributed by atoms with E-state index in [1.54, 1.807) is 0 Å². The van der Waals surface area contributed by atoms with Gasteiger partial charge in [0.2, 0.25) is 0 Å². The van der Waals surface area contributed by atoms with Crippen molar-refractivity contribution >= 4 is 9.84 Å². The van der Waals surface area contributed by atoms with Gasteiger partial charge in [0.1, 0.15) is 0 Å². The number of nitrogens with one attached hydrogen (secondary N) is 1. The lowest BCUT2D eigenvalue weighted by atomic mass is 9.89. The molecule has 0 aromatic heterocycles. The molecule has 0 radical (unpaired) electrons. The molecular weight excluding hydrogens is 290 g/mol. The highest BCUT2D eigenvalue weighted by atomic mass is 32.2. The van der Waals surface area contributed by atoms with Crippen LogP contribution < -0.4 is 5.32 Å². The van der Waals surface area contributed by atoms with E-state index in [0.717, 1.165) is 32.2 Å². The van der Waals surface area contributed by atoms with Crippen LogP contribution in [0.4, 0.5) is 0 Å². The highest BCUT2D eigenvalue weighted by molar-refractivity contribution is 7.91. The molecule has 0 bridgehead atoms. The number of methoxy groups -OCH3 is 1. The van der Waals surface area contributed by atoms with Crippen LogP contribution in [-0.2, 0) is 19.3 Å². The minimum absolute atomic E-state index is 0.00673. The Morgan fingerprint density at radius 3 is 2.67 bits per heavy atom. The maximum Gasteiger partial charge on any atom is 0.153 e. The first-order valence-corrected chi connectivity index (χ1v) is 9.92. The molecule has 2 aliphatic heterocycles. The highest BCUT2D eigenvalue weighted by Gasteiger charge is 2.47. The van der Waals surface area contributed by atoms with Crippen molar-refractivity contribution in [3.05, 3.63) is 0 Å². The summed E-state index contributed by atoms with van der Waals surface area (Å²) < 4.78 is 35.1. The van der Waals surface area contributed by atoms with E-state index in [1.807, 2.05) is 7.11 Å². The Kier molecular flexibility index (Phi) is 4.34. The quantitative estimate of drug-likeness (QED) is 0.846. The Morgan fingerprint density at radius 1 is 1.29 bits per heavy atom. The standard InChI is InChI=1S/C15H27NO4S/c1-19-14(5-2-3-6-14)11-16-13-4-8-20-15(10-13)7-9-21(17,18)12-15/h13,16H,2-12H2,1H3. The van der Waals surface area contributed by atoms with Crippen molar-refractivity contribution in [2.75, 3.05) is 31.8 Å². The lowest BCUT2D eigenvalue weighted by molar-refractivity contribution is -0.0749. The Bertz CT molecular complexity index is 472. The molecule has 3 fully saturated rings. The molecular formula is C15H27NO4S. The Balaban J connectivity index is 1.57. The van der Waals surface area contributed by atoms with Crippen molar-refractivity contribution in [3.63, 3.8) is 0 Å². The van der Waals surface area contributed by atoms with Crippen molar-refractivity contribution in [2.24, 2.45) is 0 Å². The Labute approximate surface area is 127 Å². The first-order chi connectivity index (χ1) is 9.97. The van der Waals surface area contributed by atoms with Gasteiger partial charge in [0.05, 0.1) is 22.7 Å². The largest absolute Gasteiger partial charge is 0.377 e. The van der Waals surface area contributed by atoms with Gasteiger partial charge in [-0.1, -0.05) is 12.8 Å². The van der Waals surface area contributed by atoms with E-state index in [-0.39, 0.29) is 17.1 Å². The molecule has 2 atom stereocenters. The maximum atomic E-state index is 11.8. The zero-order chi connectivity index (χ0) is 15.0. The predicted molar refractivity (Wildman–Crippen MR) is 81.2 cm³/mol. The van der Waals surface area contributed by atoms with Gasteiger partial charge in [0.15, 0.2) is 9.84 Å². The van der Waals surface area contributed by atoms with E-state index in [0.29, 0.717) is 19.1 Å². The third kappa shape index (κ3) is 3.44. The van der Waals surface area contributed by atoms with Crippen LogP contribution in [0.15, 0.2) is 0 Å². The van der Waals surface area contributed by atoms with Gasteiger partial charge in [-0.25, -0.2) is 8.42 Å². The van der Waals surface area contributed by atoms with Gasteiger partial charge in [-0.2, -0.15) is 0 Å². The van der Waals surface area contributed by atoms with Gasteiger partial charge >= 0.3 is 0 Å². The molecule has 1 N–H and O–H groups in total. The number of ether oxygens (including phenoxy) is 2. The molecule has 21 heavy (non-hydrogen) atoms. The zero-order valence-corrected chi connectivity index (χ0v) is 13.7. The van der Waals surface area contributed by atoms with Crippen molar-refractivity contribution in [2.45, 2.75) is 62.2 Å². The maximum absolute atomic E-state index is 11.8. The molecule has 0 aromatic carbocycles. The molecule has 0 amide bonds. The molecule has 122 valence electrons. The first kappa shape index (κ1) is 15.7. The smallest absolute Gasteiger partial charge is 0.153 e. The molecule has 3 rings (SSSR count). The van der Waals surface area contributed by atoms with E-state index in [9.17, 15) is 8.42 Å². The zero-order valence-electron chi connectivity index (χ0n) is 12.9. The van der Waals surface area contributed by atoms with Crippen molar-refractivity contribution in [3.8, 4) is 0 Å². The van der Waals surface area contributed by atoms with Crippen LogP contribution >= 0.6 is 0 Å². The van der Waals surface area contributed by atoms with Gasteiger partial charge < -0.3 is 14.8 Å². The van der Waals surface area contributed by atoms with Crippen LogP contribution in [0.5, 0.6) is 0 Å².